The van der Waals surface area contributed by atoms with Gasteiger partial charge in [0.15, 0.2) is 0 Å². The van der Waals surface area contributed by atoms with E-state index in [4.69, 9.17) is 4.52 Å². The average molecular weight is 430 g/mol. The van der Waals surface area contributed by atoms with Gasteiger partial charge in [-0.1, -0.05) is 31.7 Å². The largest absolute Gasteiger partial charge is 0.388 e. The van der Waals surface area contributed by atoms with Crippen LogP contribution in [0.5, 0.6) is 0 Å². The minimum Gasteiger partial charge on any atom is -0.388 e. The molecule has 30 heavy (non-hydrogen) atoms. The summed E-state index contributed by atoms with van der Waals surface area (Å²) in [5.41, 5.74) is 4.03. The molecule has 8 nitrogen and oxygen atoms in total. The Balaban J connectivity index is 1.82. The summed E-state index contributed by atoms with van der Waals surface area (Å²) in [6.45, 7) is 7.97. The molecule has 1 aliphatic heterocycles. The van der Waals surface area contributed by atoms with Crippen LogP contribution in [-0.2, 0) is 22.1 Å². The van der Waals surface area contributed by atoms with Crippen molar-refractivity contribution in [3.05, 3.63) is 81.4 Å². The van der Waals surface area contributed by atoms with Crippen LogP contribution in [0.15, 0.2) is 49.0 Å². The van der Waals surface area contributed by atoms with E-state index in [1.54, 1.807) is 23.9 Å². The third-order valence-corrected chi connectivity index (χ3v) is 7.21. The first-order valence-corrected chi connectivity index (χ1v) is 11.4. The van der Waals surface area contributed by atoms with Gasteiger partial charge in [-0.25, -0.2) is 9.76 Å². The van der Waals surface area contributed by atoms with E-state index in [0.29, 0.717) is 18.5 Å². The number of benzene rings is 2. The van der Waals surface area contributed by atoms with Crippen LogP contribution in [0.4, 0.5) is 5.69 Å². The summed E-state index contributed by atoms with van der Waals surface area (Å²) < 4.78 is 20.4. The Bertz CT molecular complexity index is 991. The van der Waals surface area contributed by atoms with Crippen LogP contribution >= 0.6 is 7.67 Å². The zero-order chi connectivity index (χ0) is 21.7. The third kappa shape index (κ3) is 5.34. The maximum absolute atomic E-state index is 12.9. The summed E-state index contributed by atoms with van der Waals surface area (Å²) >= 11 is 0. The zero-order valence-corrected chi connectivity index (χ0v) is 18.2. The molecule has 2 aromatic rings. The van der Waals surface area contributed by atoms with Gasteiger partial charge in [0.05, 0.1) is 11.5 Å². The van der Waals surface area contributed by atoms with E-state index in [-0.39, 0.29) is 17.2 Å². The van der Waals surface area contributed by atoms with E-state index in [1.807, 2.05) is 31.2 Å². The number of nitrogens with zero attached hydrogens (tertiary/aromatic N) is 2. The molecule has 9 heteroatoms. The van der Waals surface area contributed by atoms with Crippen molar-refractivity contribution in [3.8, 4) is 0 Å². The van der Waals surface area contributed by atoms with E-state index < -0.39 is 7.67 Å². The lowest BCUT2D eigenvalue weighted by Gasteiger charge is -2.19. The summed E-state index contributed by atoms with van der Waals surface area (Å²) in [6.07, 6.45) is 0.395. The number of nitro groups is 1. The van der Waals surface area contributed by atoms with Crippen molar-refractivity contribution in [2.75, 3.05) is 26.7 Å². The predicted octanol–water partition coefficient (Wildman–Crippen LogP) is 3.93. The normalized spacial score (nSPS) is 15.4. The van der Waals surface area contributed by atoms with Crippen LogP contribution in [0.25, 0.3) is 5.70 Å². The molecular weight excluding hydrogens is 403 g/mol. The maximum Gasteiger partial charge on any atom is 0.343 e. The fourth-order valence-corrected chi connectivity index (χ4v) is 4.97. The second kappa shape index (κ2) is 9.53. The molecule has 0 saturated carbocycles. The summed E-state index contributed by atoms with van der Waals surface area (Å²) in [5, 5.41) is 17.5. The van der Waals surface area contributed by atoms with E-state index in [1.165, 1.54) is 6.07 Å². The van der Waals surface area contributed by atoms with Crippen LogP contribution in [0.2, 0.25) is 0 Å². The summed E-state index contributed by atoms with van der Waals surface area (Å²) in [7, 11) is -1.25. The summed E-state index contributed by atoms with van der Waals surface area (Å²) in [6, 6.07) is 12.6. The number of hydrogen-bond donors (Lipinski definition) is 2. The van der Waals surface area contributed by atoms with Crippen molar-refractivity contribution >= 4 is 19.1 Å². The van der Waals surface area contributed by atoms with Crippen molar-refractivity contribution in [2.45, 2.75) is 20.0 Å². The molecule has 3 rings (SSSR count). The van der Waals surface area contributed by atoms with Gasteiger partial charge in [-0.05, 0) is 34.9 Å². The van der Waals surface area contributed by atoms with Gasteiger partial charge >= 0.3 is 7.67 Å². The van der Waals surface area contributed by atoms with Gasteiger partial charge in [0.25, 0.3) is 5.69 Å². The molecule has 1 saturated heterocycles. The van der Waals surface area contributed by atoms with Gasteiger partial charge in [0.1, 0.15) is 0 Å². The van der Waals surface area contributed by atoms with Crippen molar-refractivity contribution < 1.29 is 14.0 Å². The van der Waals surface area contributed by atoms with Gasteiger partial charge in [-0.3, -0.25) is 14.7 Å². The van der Waals surface area contributed by atoms with E-state index >= 15 is 0 Å². The minimum absolute atomic E-state index is 0.0532. The third-order valence-electron chi connectivity index (χ3n) is 4.87. The highest BCUT2D eigenvalue weighted by atomic mass is 31.2. The van der Waals surface area contributed by atoms with Gasteiger partial charge in [-0.2, -0.15) is 0 Å². The minimum atomic E-state index is -3.05. The molecule has 1 aliphatic rings. The number of nitrogens with one attached hydrogen (secondary N) is 2. The Kier molecular flexibility index (Phi) is 7.05. The van der Waals surface area contributed by atoms with Crippen LogP contribution in [0.3, 0.4) is 0 Å². The van der Waals surface area contributed by atoms with Gasteiger partial charge in [0, 0.05) is 50.4 Å². The monoisotopic (exact) mass is 430 g/mol. The predicted molar refractivity (Wildman–Crippen MR) is 118 cm³/mol. The van der Waals surface area contributed by atoms with Crippen molar-refractivity contribution in [1.29, 1.82) is 0 Å². The Labute approximate surface area is 176 Å². The molecule has 1 atom stereocenters. The highest BCUT2D eigenvalue weighted by Crippen LogP contribution is 2.51. The Morgan fingerprint density at radius 1 is 1.27 bits per heavy atom. The second-order valence-corrected chi connectivity index (χ2v) is 9.27. The van der Waals surface area contributed by atoms with Crippen molar-refractivity contribution in [3.63, 3.8) is 0 Å². The lowest BCUT2D eigenvalue weighted by atomic mass is 9.99. The lowest BCUT2D eigenvalue weighted by Crippen LogP contribution is -2.17. The molecule has 0 spiro atoms. The first-order chi connectivity index (χ1) is 14.4. The first-order valence-electron chi connectivity index (χ1n) is 9.83. The van der Waals surface area contributed by atoms with E-state index in [0.717, 1.165) is 35.5 Å². The smallest absolute Gasteiger partial charge is 0.343 e. The highest BCUT2D eigenvalue weighted by molar-refractivity contribution is 7.54. The molecule has 2 aromatic carbocycles. The van der Waals surface area contributed by atoms with E-state index in [9.17, 15) is 14.7 Å². The highest BCUT2D eigenvalue weighted by Gasteiger charge is 2.39. The number of rotatable bonds is 11. The molecule has 2 N–H and O–H groups in total. The fraction of sp³-hybridized carbons (Fsp3) is 0.333. The molecule has 0 aromatic heterocycles. The van der Waals surface area contributed by atoms with Crippen molar-refractivity contribution in [1.82, 2.24) is 15.1 Å². The van der Waals surface area contributed by atoms with E-state index in [2.05, 4.69) is 17.0 Å². The van der Waals surface area contributed by atoms with Crippen LogP contribution < -0.4 is 10.4 Å². The molecule has 1 unspecified atom stereocenters. The van der Waals surface area contributed by atoms with Gasteiger partial charge in [0.2, 0.25) is 0 Å². The van der Waals surface area contributed by atoms with Crippen LogP contribution in [0, 0.1) is 10.1 Å². The number of hydrogen-bond acceptors (Lipinski definition) is 5. The van der Waals surface area contributed by atoms with Gasteiger partial charge < -0.3 is 9.84 Å². The van der Waals surface area contributed by atoms with Gasteiger partial charge in [-0.15, -0.1) is 0 Å². The first kappa shape index (κ1) is 22.2. The Morgan fingerprint density at radius 2 is 2.03 bits per heavy atom. The van der Waals surface area contributed by atoms with Crippen molar-refractivity contribution in [2.24, 2.45) is 0 Å². The maximum atomic E-state index is 12.9. The molecule has 0 amide bonds. The molecule has 0 radical (unpaired) electrons. The molecular formula is C21H27N4O4P. The molecule has 0 aliphatic carbocycles. The Hall–Kier alpha value is -2.51. The van der Waals surface area contributed by atoms with Crippen LogP contribution in [0.1, 0.15) is 29.2 Å². The average Bonchev–Trinajstić information content (AvgIpc) is 3.58. The zero-order valence-electron chi connectivity index (χ0n) is 17.3. The van der Waals surface area contributed by atoms with Crippen LogP contribution in [-0.4, -0.2) is 36.3 Å². The second-order valence-electron chi connectivity index (χ2n) is 7.09. The molecule has 0 bridgehead atoms. The topological polar surface area (TPSA) is 96.5 Å². The molecule has 1 heterocycles. The molecule has 1 fully saturated rings. The fourth-order valence-electron chi connectivity index (χ4n) is 3.18. The molecule has 160 valence electrons. The number of nitro benzene ring substituents is 1. The quantitative estimate of drug-likeness (QED) is 0.241. The lowest BCUT2D eigenvalue weighted by molar-refractivity contribution is -0.385. The summed E-state index contributed by atoms with van der Waals surface area (Å²) in [5.74, 6) is 0. The standard InChI is InChI=1S/C21H27N4O4P/c1-4-23-30(28,24-10-11-24)29-15-18-8-9-21(25(26)27)20(14-18)13-17-6-5-7-19(12-17)16(2)22-3/h5-9,12,14,22H,2,4,10-11,13,15H2,1,3H3,(H,23,28). The summed E-state index contributed by atoms with van der Waals surface area (Å²) in [4.78, 5) is 11.2. The SMILES string of the molecule is C=C(NC)c1cccc(Cc2cc(COP(=O)(NCC)N3CC3)ccc2[N+](=O)[O-])c1. The Morgan fingerprint density at radius 3 is 2.67 bits per heavy atom.